The maximum absolute atomic E-state index is 5.51. The molecule has 14 heavy (non-hydrogen) atoms. The van der Waals surface area contributed by atoms with Gasteiger partial charge < -0.3 is 15.0 Å². The van der Waals surface area contributed by atoms with Crippen LogP contribution in [0.5, 0.6) is 0 Å². The minimum Gasteiger partial charge on any atom is -0.379 e. The van der Waals surface area contributed by atoms with Gasteiger partial charge in [0.1, 0.15) is 0 Å². The highest BCUT2D eigenvalue weighted by Gasteiger charge is 1.96. The minimum atomic E-state index is 0.610. The third kappa shape index (κ3) is 3.94. The van der Waals surface area contributed by atoms with Gasteiger partial charge in [-0.1, -0.05) is 13.8 Å². The Morgan fingerprint density at radius 2 is 2.29 bits per heavy atom. The van der Waals surface area contributed by atoms with E-state index in [0.717, 1.165) is 19.8 Å². The average Bonchev–Trinajstić information content (AvgIpc) is 2.60. The van der Waals surface area contributed by atoms with E-state index in [1.165, 1.54) is 5.56 Å². The van der Waals surface area contributed by atoms with Crippen molar-refractivity contribution in [1.29, 1.82) is 0 Å². The zero-order valence-corrected chi connectivity index (χ0v) is 9.07. The van der Waals surface area contributed by atoms with Crippen molar-refractivity contribution >= 4 is 0 Å². The zero-order chi connectivity index (χ0) is 10.4. The van der Waals surface area contributed by atoms with Crippen molar-refractivity contribution in [3.63, 3.8) is 0 Å². The van der Waals surface area contributed by atoms with Crippen molar-refractivity contribution in [2.24, 2.45) is 11.7 Å². The quantitative estimate of drug-likeness (QED) is 0.702. The van der Waals surface area contributed by atoms with Gasteiger partial charge in [-0.25, -0.2) is 0 Å². The molecule has 3 nitrogen and oxygen atoms in total. The summed E-state index contributed by atoms with van der Waals surface area (Å²) in [6.07, 6.45) is 4.11. The fraction of sp³-hybridized carbons (Fsp3) is 0.636. The first-order valence-corrected chi connectivity index (χ1v) is 5.15. The molecule has 0 unspecified atom stereocenters. The molecule has 80 valence electrons. The summed E-state index contributed by atoms with van der Waals surface area (Å²) in [7, 11) is 0. The Morgan fingerprint density at radius 3 is 2.86 bits per heavy atom. The predicted octanol–water partition coefficient (Wildman–Crippen LogP) is 1.62. The first-order valence-electron chi connectivity index (χ1n) is 5.15. The van der Waals surface area contributed by atoms with E-state index < -0.39 is 0 Å². The van der Waals surface area contributed by atoms with Gasteiger partial charge in [0.05, 0.1) is 6.61 Å². The van der Waals surface area contributed by atoms with E-state index >= 15 is 0 Å². The molecule has 2 N–H and O–H groups in total. The fourth-order valence-corrected chi connectivity index (χ4v) is 1.24. The first-order chi connectivity index (χ1) is 6.72. The second kappa shape index (κ2) is 5.83. The van der Waals surface area contributed by atoms with Crippen LogP contribution < -0.4 is 5.73 Å². The third-order valence-corrected chi connectivity index (χ3v) is 1.99. The Bertz CT molecular complexity index is 256. The summed E-state index contributed by atoms with van der Waals surface area (Å²) in [6, 6.07) is 2.04. The van der Waals surface area contributed by atoms with Crippen molar-refractivity contribution in [2.45, 2.75) is 26.9 Å². The molecule has 3 heteroatoms. The molecule has 0 saturated heterocycles. The lowest BCUT2D eigenvalue weighted by molar-refractivity contribution is 0.103. The molecule has 0 fully saturated rings. The van der Waals surface area contributed by atoms with Crippen molar-refractivity contribution < 1.29 is 4.74 Å². The molecule has 0 spiro atoms. The van der Waals surface area contributed by atoms with Crippen LogP contribution in [0.4, 0.5) is 0 Å². The monoisotopic (exact) mass is 196 g/mol. The van der Waals surface area contributed by atoms with Gasteiger partial charge >= 0.3 is 0 Å². The smallest absolute Gasteiger partial charge is 0.0645 e. The molecule has 1 rings (SSSR count). The number of aromatic nitrogens is 1. The third-order valence-electron chi connectivity index (χ3n) is 1.99. The Hall–Kier alpha value is -0.800. The Labute approximate surface area is 85.9 Å². The van der Waals surface area contributed by atoms with E-state index in [9.17, 15) is 0 Å². The Morgan fingerprint density at radius 1 is 1.50 bits per heavy atom. The van der Waals surface area contributed by atoms with Crippen LogP contribution in [0.1, 0.15) is 19.4 Å². The zero-order valence-electron chi connectivity index (χ0n) is 9.07. The van der Waals surface area contributed by atoms with Crippen LogP contribution in [0.25, 0.3) is 0 Å². The maximum Gasteiger partial charge on any atom is 0.0645 e. The molecular weight excluding hydrogens is 176 g/mol. The fourth-order valence-electron chi connectivity index (χ4n) is 1.24. The molecule has 0 aliphatic rings. The van der Waals surface area contributed by atoms with Crippen LogP contribution in [0.2, 0.25) is 0 Å². The van der Waals surface area contributed by atoms with Gasteiger partial charge in [-0.2, -0.15) is 0 Å². The van der Waals surface area contributed by atoms with E-state index in [1.54, 1.807) is 0 Å². The molecule has 0 bridgehead atoms. The second-order valence-corrected chi connectivity index (χ2v) is 3.93. The lowest BCUT2D eigenvalue weighted by Crippen LogP contribution is -2.08. The van der Waals surface area contributed by atoms with E-state index in [1.807, 2.05) is 12.3 Å². The van der Waals surface area contributed by atoms with Crippen molar-refractivity contribution in [1.82, 2.24) is 4.57 Å². The number of rotatable bonds is 6. The lowest BCUT2D eigenvalue weighted by atomic mass is 10.2. The van der Waals surface area contributed by atoms with E-state index in [2.05, 4.69) is 24.6 Å². The van der Waals surface area contributed by atoms with Gasteiger partial charge in [0.15, 0.2) is 0 Å². The van der Waals surface area contributed by atoms with Gasteiger partial charge in [-0.15, -0.1) is 0 Å². The van der Waals surface area contributed by atoms with Crippen molar-refractivity contribution in [3.05, 3.63) is 24.0 Å². The summed E-state index contributed by atoms with van der Waals surface area (Å²) in [5, 5.41) is 0. The van der Waals surface area contributed by atoms with Crippen LogP contribution in [-0.2, 0) is 17.8 Å². The summed E-state index contributed by atoms with van der Waals surface area (Å²) < 4.78 is 7.60. The maximum atomic E-state index is 5.51. The van der Waals surface area contributed by atoms with Gasteiger partial charge in [0.2, 0.25) is 0 Å². The molecule has 1 heterocycles. The van der Waals surface area contributed by atoms with E-state index in [4.69, 9.17) is 10.5 Å². The minimum absolute atomic E-state index is 0.610. The molecule has 0 atom stereocenters. The van der Waals surface area contributed by atoms with E-state index in [0.29, 0.717) is 12.5 Å². The molecule has 0 radical (unpaired) electrons. The number of hydrogen-bond acceptors (Lipinski definition) is 2. The topological polar surface area (TPSA) is 40.2 Å². The molecular formula is C11H20N2O. The predicted molar refractivity (Wildman–Crippen MR) is 58.0 cm³/mol. The number of nitrogens with two attached hydrogens (primary N) is 1. The van der Waals surface area contributed by atoms with Crippen LogP contribution in [0, 0.1) is 5.92 Å². The first kappa shape index (κ1) is 11.3. The molecule has 0 aliphatic heterocycles. The molecule has 1 aromatic rings. The summed E-state index contributed by atoms with van der Waals surface area (Å²) in [6.45, 7) is 7.44. The molecule has 0 saturated carbocycles. The summed E-state index contributed by atoms with van der Waals surface area (Å²) in [5.41, 5.74) is 6.69. The Kier molecular flexibility index (Phi) is 4.70. The number of ether oxygens (including phenoxy) is 1. The molecule has 0 aliphatic carbocycles. The number of hydrogen-bond donors (Lipinski definition) is 1. The van der Waals surface area contributed by atoms with Gasteiger partial charge in [-0.3, -0.25) is 0 Å². The van der Waals surface area contributed by atoms with Gasteiger partial charge in [0, 0.05) is 32.1 Å². The van der Waals surface area contributed by atoms with Crippen LogP contribution in [0.15, 0.2) is 18.5 Å². The second-order valence-electron chi connectivity index (χ2n) is 3.93. The largest absolute Gasteiger partial charge is 0.379 e. The summed E-state index contributed by atoms with van der Waals surface area (Å²) >= 11 is 0. The standard InChI is InChI=1S/C11H20N2O/c1-10(2)9-14-6-5-13-4-3-11(7-12)8-13/h3-4,8,10H,5-7,9,12H2,1-2H3. The normalized spacial score (nSPS) is 11.1. The van der Waals surface area contributed by atoms with Crippen molar-refractivity contribution in [3.8, 4) is 0 Å². The highest BCUT2D eigenvalue weighted by atomic mass is 16.5. The van der Waals surface area contributed by atoms with E-state index in [-0.39, 0.29) is 0 Å². The molecule has 1 aromatic heterocycles. The highest BCUT2D eigenvalue weighted by Crippen LogP contribution is 2.00. The van der Waals surface area contributed by atoms with Crippen molar-refractivity contribution in [2.75, 3.05) is 13.2 Å². The molecule has 0 amide bonds. The van der Waals surface area contributed by atoms with Crippen LogP contribution in [0.3, 0.4) is 0 Å². The SMILES string of the molecule is CC(C)COCCn1ccc(CN)c1. The lowest BCUT2D eigenvalue weighted by Gasteiger charge is -2.07. The molecule has 0 aromatic carbocycles. The van der Waals surface area contributed by atoms with Gasteiger partial charge in [0.25, 0.3) is 0 Å². The van der Waals surface area contributed by atoms with Crippen LogP contribution >= 0.6 is 0 Å². The van der Waals surface area contributed by atoms with Crippen LogP contribution in [-0.4, -0.2) is 17.8 Å². The average molecular weight is 196 g/mol. The Balaban J connectivity index is 2.18. The summed E-state index contributed by atoms with van der Waals surface area (Å²) in [4.78, 5) is 0. The number of nitrogens with zero attached hydrogens (tertiary/aromatic N) is 1. The summed E-state index contributed by atoms with van der Waals surface area (Å²) in [5.74, 6) is 0.610. The van der Waals surface area contributed by atoms with Gasteiger partial charge in [-0.05, 0) is 17.5 Å². The highest BCUT2D eigenvalue weighted by molar-refractivity contribution is 5.09.